The van der Waals surface area contributed by atoms with Crippen molar-refractivity contribution in [1.29, 1.82) is 0 Å². The highest BCUT2D eigenvalue weighted by Crippen LogP contribution is 2.41. The van der Waals surface area contributed by atoms with Crippen LogP contribution >= 0.6 is 0 Å². The molecule has 0 spiro atoms. The number of carbonyl (C=O) groups excluding carboxylic acids is 2. The second kappa shape index (κ2) is 9.13. The summed E-state index contributed by atoms with van der Waals surface area (Å²) in [6.45, 7) is 3.12. The summed E-state index contributed by atoms with van der Waals surface area (Å²) in [7, 11) is 3.11. The minimum absolute atomic E-state index is 0.00794. The quantitative estimate of drug-likeness (QED) is 0.438. The van der Waals surface area contributed by atoms with Gasteiger partial charge >= 0.3 is 11.9 Å². The summed E-state index contributed by atoms with van der Waals surface area (Å²) < 4.78 is 10.5. The highest BCUT2D eigenvalue weighted by Gasteiger charge is 2.32. The Morgan fingerprint density at radius 2 is 1.81 bits per heavy atom. The topological polar surface area (TPSA) is 119 Å². The molecule has 0 saturated carbocycles. The van der Waals surface area contributed by atoms with E-state index >= 15 is 0 Å². The molecule has 164 valence electrons. The molecule has 0 aliphatic carbocycles. The number of piperidine rings is 1. The number of ether oxygens (including phenoxy) is 2. The molecule has 0 amide bonds. The summed E-state index contributed by atoms with van der Waals surface area (Å²) in [5.74, 6) is -2.06. The number of likely N-dealkylation sites (tertiary alicyclic amines) is 1. The molecule has 1 fully saturated rings. The number of esters is 2. The molecule has 2 aromatic carbocycles. The Bertz CT molecular complexity index is 1030. The molecule has 0 unspecified atom stereocenters. The molecule has 2 aromatic rings. The Morgan fingerprint density at radius 1 is 1.16 bits per heavy atom. The van der Waals surface area contributed by atoms with Crippen LogP contribution in [-0.2, 0) is 9.47 Å². The Kier molecular flexibility index (Phi) is 6.55. The molecule has 1 aliphatic heterocycles. The van der Waals surface area contributed by atoms with Gasteiger partial charge in [-0.3, -0.25) is 10.1 Å². The number of carbonyl (C=O) groups is 2. The average molecular weight is 428 g/mol. The molecule has 1 aliphatic rings. The van der Waals surface area contributed by atoms with Gasteiger partial charge < -0.3 is 19.5 Å². The molecule has 1 N–H and O–H groups in total. The van der Waals surface area contributed by atoms with Crippen LogP contribution in [0.25, 0.3) is 11.1 Å². The van der Waals surface area contributed by atoms with E-state index in [1.807, 2.05) is 7.05 Å². The zero-order valence-corrected chi connectivity index (χ0v) is 17.6. The van der Waals surface area contributed by atoms with Crippen molar-refractivity contribution in [3.63, 3.8) is 0 Å². The van der Waals surface area contributed by atoms with Crippen LogP contribution < -0.4 is 0 Å². The zero-order chi connectivity index (χ0) is 22.7. The van der Waals surface area contributed by atoms with Crippen LogP contribution in [0, 0.1) is 17.0 Å². The molecular weight excluding hydrogens is 404 g/mol. The third-order valence-corrected chi connectivity index (χ3v) is 5.41. The summed E-state index contributed by atoms with van der Waals surface area (Å²) in [6.07, 6.45) is 1.01. The minimum atomic E-state index is -0.918. The molecule has 3 rings (SSSR count). The number of phenols is 1. The fraction of sp³-hybridized carbons (Fsp3) is 0.364. The number of methoxy groups -OCH3 is 1. The van der Waals surface area contributed by atoms with Gasteiger partial charge in [0.2, 0.25) is 0 Å². The van der Waals surface area contributed by atoms with Gasteiger partial charge in [0.25, 0.3) is 5.69 Å². The van der Waals surface area contributed by atoms with Crippen LogP contribution in [0.15, 0.2) is 30.3 Å². The first-order valence-corrected chi connectivity index (χ1v) is 9.82. The maximum atomic E-state index is 13.2. The number of benzene rings is 2. The van der Waals surface area contributed by atoms with E-state index in [9.17, 15) is 24.8 Å². The highest BCUT2D eigenvalue weighted by atomic mass is 16.6. The van der Waals surface area contributed by atoms with Gasteiger partial charge in [0.05, 0.1) is 23.2 Å². The molecular formula is C22H24N2O7. The van der Waals surface area contributed by atoms with Crippen LogP contribution in [0.2, 0.25) is 0 Å². The van der Waals surface area contributed by atoms with E-state index in [1.165, 1.54) is 24.3 Å². The maximum Gasteiger partial charge on any atom is 0.342 e. The van der Waals surface area contributed by atoms with Crippen LogP contribution in [0.3, 0.4) is 0 Å². The molecule has 1 heterocycles. The SMILES string of the molecule is COC(=O)c1c(O)cc(C)c(C(=O)OC2CCN(C)CC2)c1-c1ccccc1[N+](=O)[O-]. The smallest absolute Gasteiger partial charge is 0.342 e. The molecule has 9 nitrogen and oxygen atoms in total. The summed E-state index contributed by atoms with van der Waals surface area (Å²) in [4.78, 5) is 38.9. The average Bonchev–Trinajstić information content (AvgIpc) is 2.74. The summed E-state index contributed by atoms with van der Waals surface area (Å²) >= 11 is 0. The van der Waals surface area contributed by atoms with E-state index in [2.05, 4.69) is 4.90 Å². The number of hydrogen-bond donors (Lipinski definition) is 1. The number of nitrogens with zero attached hydrogens (tertiary/aromatic N) is 2. The largest absolute Gasteiger partial charge is 0.507 e. The van der Waals surface area contributed by atoms with Gasteiger partial charge in [-0.25, -0.2) is 9.59 Å². The fourth-order valence-corrected chi connectivity index (χ4v) is 3.80. The standard InChI is InChI=1S/C22H24N2O7/c1-13-12-17(25)20(21(26)30-3)19(15-6-4-5-7-16(15)24(28)29)18(13)22(27)31-14-8-10-23(2)11-9-14/h4-7,12,14,25H,8-11H2,1-3H3. The van der Waals surface area contributed by atoms with Gasteiger partial charge in [-0.05, 0) is 44.5 Å². The van der Waals surface area contributed by atoms with E-state index in [1.54, 1.807) is 13.0 Å². The Balaban J connectivity index is 2.20. The number of aromatic hydroxyl groups is 1. The second-order valence-electron chi connectivity index (χ2n) is 7.51. The van der Waals surface area contributed by atoms with E-state index in [-0.39, 0.29) is 34.0 Å². The van der Waals surface area contributed by atoms with Crippen LogP contribution in [0.1, 0.15) is 39.1 Å². The lowest BCUT2D eigenvalue weighted by molar-refractivity contribution is -0.384. The molecule has 0 bridgehead atoms. The third-order valence-electron chi connectivity index (χ3n) is 5.41. The van der Waals surface area contributed by atoms with Crippen molar-refractivity contribution in [3.8, 4) is 16.9 Å². The number of aryl methyl sites for hydroxylation is 1. The molecule has 0 aromatic heterocycles. The van der Waals surface area contributed by atoms with E-state index in [4.69, 9.17) is 9.47 Å². The maximum absolute atomic E-state index is 13.2. The monoisotopic (exact) mass is 428 g/mol. The second-order valence-corrected chi connectivity index (χ2v) is 7.51. The van der Waals surface area contributed by atoms with Crippen molar-refractivity contribution in [3.05, 3.63) is 57.1 Å². The van der Waals surface area contributed by atoms with Gasteiger partial charge in [0.15, 0.2) is 0 Å². The lowest BCUT2D eigenvalue weighted by Gasteiger charge is -2.29. The summed E-state index contributed by atoms with van der Waals surface area (Å²) in [5.41, 5.74) is -0.372. The number of hydrogen-bond acceptors (Lipinski definition) is 8. The number of nitro benzene ring substituents is 1. The Morgan fingerprint density at radius 3 is 2.42 bits per heavy atom. The van der Waals surface area contributed by atoms with Gasteiger partial charge in [-0.1, -0.05) is 12.1 Å². The fourth-order valence-electron chi connectivity index (χ4n) is 3.80. The first kappa shape index (κ1) is 22.2. The lowest BCUT2D eigenvalue weighted by atomic mass is 9.89. The van der Waals surface area contributed by atoms with Gasteiger partial charge in [0.1, 0.15) is 17.4 Å². The molecule has 1 saturated heterocycles. The van der Waals surface area contributed by atoms with E-state index in [0.717, 1.165) is 20.2 Å². The van der Waals surface area contributed by atoms with Gasteiger partial charge in [0, 0.05) is 24.7 Å². The minimum Gasteiger partial charge on any atom is -0.507 e. The molecule has 0 radical (unpaired) electrons. The van der Waals surface area contributed by atoms with Crippen molar-refractivity contribution in [2.45, 2.75) is 25.9 Å². The first-order chi connectivity index (χ1) is 14.7. The molecule has 9 heteroatoms. The molecule has 0 atom stereocenters. The van der Waals surface area contributed by atoms with Crippen molar-refractivity contribution in [2.24, 2.45) is 0 Å². The predicted molar refractivity (Wildman–Crippen MR) is 112 cm³/mol. The predicted octanol–water partition coefficient (Wildman–Crippen LogP) is 3.31. The highest BCUT2D eigenvalue weighted by molar-refractivity contribution is 6.09. The van der Waals surface area contributed by atoms with Crippen molar-refractivity contribution in [2.75, 3.05) is 27.2 Å². The van der Waals surface area contributed by atoms with Gasteiger partial charge in [-0.15, -0.1) is 0 Å². The number of phenolic OH excluding ortho intramolecular Hbond substituents is 1. The van der Waals surface area contributed by atoms with Gasteiger partial charge in [-0.2, -0.15) is 0 Å². The molecule has 31 heavy (non-hydrogen) atoms. The summed E-state index contributed by atoms with van der Waals surface area (Å²) in [5, 5.41) is 22.1. The van der Waals surface area contributed by atoms with Crippen LogP contribution in [0.5, 0.6) is 5.75 Å². The van der Waals surface area contributed by atoms with Crippen LogP contribution in [0.4, 0.5) is 5.69 Å². The third kappa shape index (κ3) is 4.51. The number of para-hydroxylation sites is 1. The Labute approximate surface area is 179 Å². The number of rotatable bonds is 5. The normalized spacial score (nSPS) is 14.8. The zero-order valence-electron chi connectivity index (χ0n) is 17.6. The number of nitro groups is 1. The summed E-state index contributed by atoms with van der Waals surface area (Å²) in [6, 6.07) is 6.98. The van der Waals surface area contributed by atoms with E-state index in [0.29, 0.717) is 18.4 Å². The van der Waals surface area contributed by atoms with Crippen molar-refractivity contribution >= 4 is 17.6 Å². The van der Waals surface area contributed by atoms with Crippen molar-refractivity contribution in [1.82, 2.24) is 4.90 Å². The van der Waals surface area contributed by atoms with E-state index < -0.39 is 22.6 Å². The van der Waals surface area contributed by atoms with Crippen molar-refractivity contribution < 1.29 is 29.1 Å². The Hall–Kier alpha value is -3.46. The first-order valence-electron chi connectivity index (χ1n) is 9.82. The van der Waals surface area contributed by atoms with Crippen LogP contribution in [-0.4, -0.2) is 60.2 Å². The lowest BCUT2D eigenvalue weighted by Crippen LogP contribution is -2.35.